The zero-order valence-electron chi connectivity index (χ0n) is 15.8. The van der Waals surface area contributed by atoms with Crippen LogP contribution in [-0.2, 0) is 6.54 Å². The minimum atomic E-state index is -0.307. The molecule has 28 heavy (non-hydrogen) atoms. The first-order valence-corrected chi connectivity index (χ1v) is 9.57. The number of amides is 2. The lowest BCUT2D eigenvalue weighted by atomic mass is 10.0. The number of carbonyl (C=O) groups excluding carboxylic acids is 2. The van der Waals surface area contributed by atoms with Gasteiger partial charge in [-0.15, -0.1) is 0 Å². The molecule has 2 amide bonds. The lowest BCUT2D eigenvalue weighted by molar-refractivity contribution is 0.0670. The number of aromatic nitrogens is 3. The molecule has 0 saturated carbocycles. The molecule has 4 rings (SSSR count). The molecule has 0 bridgehead atoms. The highest BCUT2D eigenvalue weighted by atomic mass is 16.2. The second-order valence-electron chi connectivity index (χ2n) is 7.28. The third-order valence-electron chi connectivity index (χ3n) is 5.07. The summed E-state index contributed by atoms with van der Waals surface area (Å²) in [7, 11) is 0. The first-order valence-electron chi connectivity index (χ1n) is 9.57. The molecule has 4 heterocycles. The zero-order chi connectivity index (χ0) is 19.5. The van der Waals surface area contributed by atoms with E-state index in [1.807, 2.05) is 35.2 Å². The molecule has 1 saturated heterocycles. The Hall–Kier alpha value is -3.22. The van der Waals surface area contributed by atoms with Crippen molar-refractivity contribution >= 4 is 17.3 Å². The van der Waals surface area contributed by atoms with Crippen LogP contribution in [-0.4, -0.2) is 44.2 Å². The Labute approximate surface area is 163 Å². The number of likely N-dealkylation sites (tertiary alicyclic amines) is 1. The van der Waals surface area contributed by atoms with Crippen molar-refractivity contribution in [2.75, 3.05) is 13.1 Å². The molecular formula is C21H23N5O2. The summed E-state index contributed by atoms with van der Waals surface area (Å²) in [4.78, 5) is 36.2. The van der Waals surface area contributed by atoms with Crippen LogP contribution < -0.4 is 5.32 Å². The van der Waals surface area contributed by atoms with Gasteiger partial charge in [0.2, 0.25) is 5.82 Å². The largest absolute Gasteiger partial charge is 0.346 e. The van der Waals surface area contributed by atoms with Crippen molar-refractivity contribution in [1.29, 1.82) is 0 Å². The molecule has 1 fully saturated rings. The number of piperidine rings is 1. The zero-order valence-corrected chi connectivity index (χ0v) is 15.8. The molecular weight excluding hydrogens is 354 g/mol. The van der Waals surface area contributed by atoms with Crippen LogP contribution in [0.1, 0.15) is 46.4 Å². The maximum absolute atomic E-state index is 13.1. The molecule has 0 spiro atoms. The molecule has 0 aliphatic carbocycles. The van der Waals surface area contributed by atoms with Gasteiger partial charge in [0.25, 0.3) is 11.8 Å². The van der Waals surface area contributed by atoms with Crippen molar-refractivity contribution in [3.8, 4) is 0 Å². The average molecular weight is 377 g/mol. The summed E-state index contributed by atoms with van der Waals surface area (Å²) in [5.41, 5.74) is 1.79. The topological polar surface area (TPSA) is 79.6 Å². The van der Waals surface area contributed by atoms with Gasteiger partial charge in [-0.1, -0.05) is 19.1 Å². The van der Waals surface area contributed by atoms with Crippen LogP contribution in [0, 0.1) is 5.92 Å². The fraction of sp³-hybridized carbons (Fsp3) is 0.333. The van der Waals surface area contributed by atoms with Crippen molar-refractivity contribution in [1.82, 2.24) is 24.6 Å². The number of fused-ring (bicyclic) bond motifs is 1. The molecule has 1 atom stereocenters. The Bertz CT molecular complexity index is 998. The van der Waals surface area contributed by atoms with Gasteiger partial charge in [0.05, 0.1) is 5.52 Å². The van der Waals surface area contributed by atoms with Gasteiger partial charge in [-0.3, -0.25) is 19.0 Å². The number of hydrogen-bond donors (Lipinski definition) is 1. The number of nitrogens with zero attached hydrogens (tertiary/aromatic N) is 4. The maximum atomic E-state index is 13.1. The number of hydrogen-bond acceptors (Lipinski definition) is 4. The fourth-order valence-electron chi connectivity index (χ4n) is 3.64. The van der Waals surface area contributed by atoms with Gasteiger partial charge in [-0.2, -0.15) is 0 Å². The number of carbonyl (C=O) groups is 2. The van der Waals surface area contributed by atoms with E-state index in [-0.39, 0.29) is 23.3 Å². The molecule has 1 aliphatic heterocycles. The Balaban J connectivity index is 1.61. The van der Waals surface area contributed by atoms with E-state index < -0.39 is 0 Å². The summed E-state index contributed by atoms with van der Waals surface area (Å²) in [6, 6.07) is 9.20. The van der Waals surface area contributed by atoms with Crippen molar-refractivity contribution in [2.45, 2.75) is 26.3 Å². The molecule has 1 unspecified atom stereocenters. The molecule has 3 aromatic rings. The van der Waals surface area contributed by atoms with Crippen LogP contribution in [0.4, 0.5) is 0 Å². The van der Waals surface area contributed by atoms with Gasteiger partial charge in [-0.05, 0) is 42.5 Å². The first kappa shape index (κ1) is 18.2. The lowest BCUT2D eigenvalue weighted by Crippen LogP contribution is -2.40. The van der Waals surface area contributed by atoms with E-state index >= 15 is 0 Å². The Morgan fingerprint density at radius 2 is 2.14 bits per heavy atom. The molecule has 7 nitrogen and oxygen atoms in total. The second-order valence-corrected chi connectivity index (χ2v) is 7.28. The highest BCUT2D eigenvalue weighted by Crippen LogP contribution is 2.20. The molecule has 0 aromatic carbocycles. The number of nitrogens with one attached hydrogen (secondary N) is 1. The van der Waals surface area contributed by atoms with E-state index in [2.05, 4.69) is 22.2 Å². The summed E-state index contributed by atoms with van der Waals surface area (Å²) in [6.45, 7) is 3.96. The molecule has 144 valence electrons. The van der Waals surface area contributed by atoms with Crippen LogP contribution in [0.25, 0.3) is 5.52 Å². The monoisotopic (exact) mass is 377 g/mol. The third kappa shape index (κ3) is 3.60. The van der Waals surface area contributed by atoms with Gasteiger partial charge in [-0.25, -0.2) is 4.98 Å². The van der Waals surface area contributed by atoms with Crippen LogP contribution in [0.5, 0.6) is 0 Å². The first-order chi connectivity index (χ1) is 13.6. The van der Waals surface area contributed by atoms with Crippen molar-refractivity contribution in [2.24, 2.45) is 5.92 Å². The number of pyridine rings is 2. The number of imidazole rings is 1. The predicted molar refractivity (Wildman–Crippen MR) is 105 cm³/mol. The highest BCUT2D eigenvalue weighted by molar-refractivity contribution is 6.02. The SMILES string of the molecule is CC1CCCN(C(=O)c2nc(C(=O)NCc3cccnc3)c3ccccn23)C1. The molecule has 0 radical (unpaired) electrons. The summed E-state index contributed by atoms with van der Waals surface area (Å²) < 4.78 is 1.71. The Kier molecular flexibility index (Phi) is 5.06. The second kappa shape index (κ2) is 7.80. The quantitative estimate of drug-likeness (QED) is 0.758. The highest BCUT2D eigenvalue weighted by Gasteiger charge is 2.27. The normalized spacial score (nSPS) is 16.9. The summed E-state index contributed by atoms with van der Waals surface area (Å²) in [5.74, 6) is 0.333. The van der Waals surface area contributed by atoms with Gasteiger partial charge in [0.1, 0.15) is 0 Å². The van der Waals surface area contributed by atoms with E-state index in [4.69, 9.17) is 0 Å². The van der Waals surface area contributed by atoms with Crippen LogP contribution >= 0.6 is 0 Å². The maximum Gasteiger partial charge on any atom is 0.290 e. The fourth-order valence-corrected chi connectivity index (χ4v) is 3.64. The van der Waals surface area contributed by atoms with Crippen molar-refractivity contribution < 1.29 is 9.59 Å². The molecule has 7 heteroatoms. The smallest absolute Gasteiger partial charge is 0.290 e. The van der Waals surface area contributed by atoms with E-state index in [9.17, 15) is 9.59 Å². The predicted octanol–water partition coefficient (Wildman–Crippen LogP) is 2.53. The number of rotatable bonds is 4. The summed E-state index contributed by atoms with van der Waals surface area (Å²) >= 11 is 0. The van der Waals surface area contributed by atoms with E-state index in [0.717, 1.165) is 31.5 Å². The molecule has 1 aliphatic rings. The van der Waals surface area contributed by atoms with Crippen LogP contribution in [0.3, 0.4) is 0 Å². The van der Waals surface area contributed by atoms with Gasteiger partial charge in [0.15, 0.2) is 5.69 Å². The Morgan fingerprint density at radius 3 is 2.93 bits per heavy atom. The van der Waals surface area contributed by atoms with E-state index in [1.165, 1.54) is 0 Å². The van der Waals surface area contributed by atoms with Crippen molar-refractivity contribution in [3.63, 3.8) is 0 Å². The molecule has 3 aromatic heterocycles. The molecule has 1 N–H and O–H groups in total. The minimum absolute atomic E-state index is 0.126. The summed E-state index contributed by atoms with van der Waals surface area (Å²) in [6.07, 6.45) is 7.30. The lowest BCUT2D eigenvalue weighted by Gasteiger charge is -2.30. The van der Waals surface area contributed by atoms with Crippen molar-refractivity contribution in [3.05, 3.63) is 66.0 Å². The average Bonchev–Trinajstić information content (AvgIpc) is 3.12. The van der Waals surface area contributed by atoms with Gasteiger partial charge >= 0.3 is 0 Å². The van der Waals surface area contributed by atoms with Crippen LogP contribution in [0.15, 0.2) is 48.9 Å². The Morgan fingerprint density at radius 1 is 1.25 bits per heavy atom. The van der Waals surface area contributed by atoms with Crippen LogP contribution in [0.2, 0.25) is 0 Å². The van der Waals surface area contributed by atoms with E-state index in [1.54, 1.807) is 23.0 Å². The summed E-state index contributed by atoms with van der Waals surface area (Å²) in [5, 5.41) is 2.87. The van der Waals surface area contributed by atoms with Gasteiger partial charge in [0, 0.05) is 38.2 Å². The standard InChI is InChI=1S/C21H23N5O2/c1-15-6-5-10-25(14-15)21(28)19-24-18(17-8-2-3-11-26(17)19)20(27)23-13-16-7-4-9-22-12-16/h2-4,7-9,11-12,15H,5-6,10,13-14H2,1H3,(H,23,27). The van der Waals surface area contributed by atoms with E-state index in [0.29, 0.717) is 18.0 Å². The minimum Gasteiger partial charge on any atom is -0.346 e. The van der Waals surface area contributed by atoms with Gasteiger partial charge < -0.3 is 10.2 Å². The third-order valence-corrected chi connectivity index (χ3v) is 5.07.